The van der Waals surface area contributed by atoms with Gasteiger partial charge in [0.1, 0.15) is 0 Å². The molecule has 2 aliphatic rings. The maximum Gasteiger partial charge on any atom is 0.225 e. The highest BCUT2D eigenvalue weighted by molar-refractivity contribution is 5.79. The predicted molar refractivity (Wildman–Crippen MR) is 82.7 cm³/mol. The second-order valence-corrected chi connectivity index (χ2v) is 6.59. The van der Waals surface area contributed by atoms with Crippen molar-refractivity contribution in [2.45, 2.75) is 51.2 Å². The molecule has 1 heterocycles. The average molecular weight is 323 g/mol. The highest BCUT2D eigenvalue weighted by Gasteiger charge is 2.30. The van der Waals surface area contributed by atoms with Gasteiger partial charge < -0.3 is 9.64 Å². The SMILES string of the molecule is O=C(C1CCCC1)N1CCCC(OCc2ccc(F)c(F)c2)C1. The van der Waals surface area contributed by atoms with Crippen molar-refractivity contribution in [3.05, 3.63) is 35.4 Å². The van der Waals surface area contributed by atoms with Gasteiger partial charge in [0.2, 0.25) is 5.91 Å². The van der Waals surface area contributed by atoms with Gasteiger partial charge in [-0.15, -0.1) is 0 Å². The average Bonchev–Trinajstić information content (AvgIpc) is 3.10. The molecular weight excluding hydrogens is 300 g/mol. The topological polar surface area (TPSA) is 29.5 Å². The van der Waals surface area contributed by atoms with Crippen LogP contribution >= 0.6 is 0 Å². The van der Waals surface area contributed by atoms with Crippen LogP contribution in [0.25, 0.3) is 0 Å². The van der Waals surface area contributed by atoms with E-state index in [0.717, 1.165) is 51.1 Å². The van der Waals surface area contributed by atoms with Crippen molar-refractivity contribution in [1.29, 1.82) is 0 Å². The molecule has 0 bridgehead atoms. The Morgan fingerprint density at radius 1 is 1.13 bits per heavy atom. The van der Waals surface area contributed by atoms with E-state index in [2.05, 4.69) is 0 Å². The van der Waals surface area contributed by atoms with E-state index in [1.807, 2.05) is 4.90 Å². The van der Waals surface area contributed by atoms with E-state index in [1.54, 1.807) is 0 Å². The second-order valence-electron chi connectivity index (χ2n) is 6.59. The standard InChI is InChI=1S/C18H23F2NO2/c19-16-8-7-13(10-17(16)20)12-23-15-6-3-9-21(11-15)18(22)14-4-1-2-5-14/h7-8,10,14-15H,1-6,9,11-12H2. The summed E-state index contributed by atoms with van der Waals surface area (Å²) >= 11 is 0. The molecule has 1 saturated heterocycles. The fraction of sp³-hybridized carbons (Fsp3) is 0.611. The first kappa shape index (κ1) is 16.4. The number of piperidine rings is 1. The quantitative estimate of drug-likeness (QED) is 0.846. The molecule has 2 fully saturated rings. The van der Waals surface area contributed by atoms with Crippen molar-refractivity contribution in [2.75, 3.05) is 13.1 Å². The van der Waals surface area contributed by atoms with Crippen molar-refractivity contribution in [1.82, 2.24) is 4.90 Å². The zero-order chi connectivity index (χ0) is 16.2. The third-order valence-corrected chi connectivity index (χ3v) is 4.86. The maximum atomic E-state index is 13.2. The summed E-state index contributed by atoms with van der Waals surface area (Å²) in [5, 5.41) is 0. The Balaban J connectivity index is 1.52. The number of amides is 1. The minimum absolute atomic E-state index is 0.0257. The molecule has 1 atom stereocenters. The van der Waals surface area contributed by atoms with Crippen LogP contribution in [0.1, 0.15) is 44.1 Å². The summed E-state index contributed by atoms with van der Waals surface area (Å²) in [6.45, 7) is 1.66. The molecular formula is C18H23F2NO2. The Bertz CT molecular complexity index is 558. The first-order chi connectivity index (χ1) is 11.1. The molecule has 1 aromatic rings. The number of likely N-dealkylation sites (tertiary alicyclic amines) is 1. The number of rotatable bonds is 4. The molecule has 3 rings (SSSR count). The fourth-order valence-electron chi connectivity index (χ4n) is 3.55. The molecule has 1 saturated carbocycles. The molecule has 3 nitrogen and oxygen atoms in total. The first-order valence-corrected chi connectivity index (χ1v) is 8.48. The number of halogens is 2. The molecule has 23 heavy (non-hydrogen) atoms. The maximum absolute atomic E-state index is 13.2. The van der Waals surface area contributed by atoms with Crippen LogP contribution in [0, 0.1) is 17.6 Å². The van der Waals surface area contributed by atoms with E-state index in [-0.39, 0.29) is 24.5 Å². The van der Waals surface area contributed by atoms with Gasteiger partial charge in [-0.2, -0.15) is 0 Å². The van der Waals surface area contributed by atoms with Crippen LogP contribution in [0.2, 0.25) is 0 Å². The number of benzene rings is 1. The Morgan fingerprint density at radius 2 is 1.91 bits per heavy atom. The summed E-state index contributed by atoms with van der Waals surface area (Å²) in [5.41, 5.74) is 0.614. The summed E-state index contributed by atoms with van der Waals surface area (Å²) in [6, 6.07) is 3.81. The van der Waals surface area contributed by atoms with Crippen molar-refractivity contribution < 1.29 is 18.3 Å². The monoisotopic (exact) mass is 323 g/mol. The fourth-order valence-corrected chi connectivity index (χ4v) is 3.55. The molecule has 1 aromatic carbocycles. The summed E-state index contributed by atoms with van der Waals surface area (Å²) in [5.74, 6) is -1.24. The van der Waals surface area contributed by atoms with Crippen molar-refractivity contribution in [2.24, 2.45) is 5.92 Å². The Labute approximate surface area is 135 Å². The third kappa shape index (κ3) is 4.08. The first-order valence-electron chi connectivity index (χ1n) is 8.48. The predicted octanol–water partition coefficient (Wildman–Crippen LogP) is 3.66. The number of carbonyl (C=O) groups excluding carboxylic acids is 1. The minimum Gasteiger partial charge on any atom is -0.372 e. The van der Waals surface area contributed by atoms with Crippen LogP contribution in [0.15, 0.2) is 18.2 Å². The highest BCUT2D eigenvalue weighted by atomic mass is 19.2. The van der Waals surface area contributed by atoms with Crippen LogP contribution in [0.4, 0.5) is 8.78 Å². The zero-order valence-electron chi connectivity index (χ0n) is 13.3. The summed E-state index contributed by atoms with van der Waals surface area (Å²) in [6.07, 6.45) is 6.13. The lowest BCUT2D eigenvalue weighted by Crippen LogP contribution is -2.45. The molecule has 0 spiro atoms. The molecule has 1 amide bonds. The van der Waals surface area contributed by atoms with E-state index in [1.165, 1.54) is 12.1 Å². The van der Waals surface area contributed by atoms with Crippen LogP contribution in [0.5, 0.6) is 0 Å². The lowest BCUT2D eigenvalue weighted by Gasteiger charge is -2.34. The lowest BCUT2D eigenvalue weighted by atomic mass is 10.0. The van der Waals surface area contributed by atoms with Gasteiger partial charge in [0.05, 0.1) is 12.7 Å². The van der Waals surface area contributed by atoms with Gasteiger partial charge in [-0.3, -0.25) is 4.79 Å². The van der Waals surface area contributed by atoms with Crippen LogP contribution < -0.4 is 0 Å². The number of hydrogen-bond donors (Lipinski definition) is 0. The van der Waals surface area contributed by atoms with Gasteiger partial charge in [-0.05, 0) is 43.4 Å². The molecule has 1 aliphatic heterocycles. The van der Waals surface area contributed by atoms with Gasteiger partial charge >= 0.3 is 0 Å². The molecule has 0 aromatic heterocycles. The lowest BCUT2D eigenvalue weighted by molar-refractivity contribution is -0.139. The van der Waals surface area contributed by atoms with Gasteiger partial charge in [0, 0.05) is 19.0 Å². The zero-order valence-corrected chi connectivity index (χ0v) is 13.3. The number of ether oxygens (including phenoxy) is 1. The number of hydrogen-bond acceptors (Lipinski definition) is 2. The van der Waals surface area contributed by atoms with E-state index in [9.17, 15) is 13.6 Å². The number of nitrogens with zero attached hydrogens (tertiary/aromatic N) is 1. The summed E-state index contributed by atoms with van der Waals surface area (Å²) in [4.78, 5) is 14.4. The van der Waals surface area contributed by atoms with Gasteiger partial charge in [0.25, 0.3) is 0 Å². The summed E-state index contributed by atoms with van der Waals surface area (Å²) < 4.78 is 31.9. The van der Waals surface area contributed by atoms with Crippen molar-refractivity contribution in [3.63, 3.8) is 0 Å². The largest absolute Gasteiger partial charge is 0.372 e. The number of carbonyl (C=O) groups is 1. The highest BCUT2D eigenvalue weighted by Crippen LogP contribution is 2.28. The smallest absolute Gasteiger partial charge is 0.225 e. The Kier molecular flexibility index (Phi) is 5.26. The minimum atomic E-state index is -0.854. The van der Waals surface area contributed by atoms with Crippen LogP contribution in [-0.2, 0) is 16.1 Å². The normalized spacial score (nSPS) is 22.5. The van der Waals surface area contributed by atoms with Gasteiger partial charge in [0.15, 0.2) is 11.6 Å². The molecule has 0 radical (unpaired) electrons. The third-order valence-electron chi connectivity index (χ3n) is 4.86. The van der Waals surface area contributed by atoms with E-state index < -0.39 is 11.6 Å². The Hall–Kier alpha value is -1.49. The van der Waals surface area contributed by atoms with Gasteiger partial charge in [-0.25, -0.2) is 8.78 Å². The van der Waals surface area contributed by atoms with Gasteiger partial charge in [-0.1, -0.05) is 18.9 Å². The second kappa shape index (κ2) is 7.39. The van der Waals surface area contributed by atoms with Crippen LogP contribution in [-0.4, -0.2) is 30.0 Å². The Morgan fingerprint density at radius 3 is 2.65 bits per heavy atom. The van der Waals surface area contributed by atoms with Crippen molar-refractivity contribution >= 4 is 5.91 Å². The molecule has 0 N–H and O–H groups in total. The molecule has 1 aliphatic carbocycles. The van der Waals surface area contributed by atoms with E-state index >= 15 is 0 Å². The molecule has 5 heteroatoms. The van der Waals surface area contributed by atoms with Crippen molar-refractivity contribution in [3.8, 4) is 0 Å². The molecule has 1 unspecified atom stereocenters. The van der Waals surface area contributed by atoms with Crippen LogP contribution in [0.3, 0.4) is 0 Å². The summed E-state index contributed by atoms with van der Waals surface area (Å²) in [7, 11) is 0. The van der Waals surface area contributed by atoms with E-state index in [4.69, 9.17) is 4.74 Å². The van der Waals surface area contributed by atoms with E-state index in [0.29, 0.717) is 12.1 Å². The molecule has 126 valence electrons.